The Kier molecular flexibility index (Phi) is 5.68. The summed E-state index contributed by atoms with van der Waals surface area (Å²) in [6, 6.07) is 8.89. The number of nitrogens with zero attached hydrogens (tertiary/aromatic N) is 2. The Morgan fingerprint density at radius 3 is 2.78 bits per heavy atom. The first-order valence-electron chi connectivity index (χ1n) is 7.21. The number of carbonyl (C=O) groups is 1. The Labute approximate surface area is 135 Å². The first-order valence-corrected chi connectivity index (χ1v) is 7.21. The highest BCUT2D eigenvalue weighted by atomic mass is 16.5. The molecule has 0 saturated heterocycles. The van der Waals surface area contributed by atoms with Crippen molar-refractivity contribution in [2.24, 2.45) is 5.10 Å². The molecule has 120 valence electrons. The number of hydrazone groups is 1. The smallest absolute Gasteiger partial charge is 0.272 e. The average molecular weight is 313 g/mol. The zero-order valence-corrected chi connectivity index (χ0v) is 13.4. The van der Waals surface area contributed by atoms with E-state index in [4.69, 9.17) is 9.47 Å². The summed E-state index contributed by atoms with van der Waals surface area (Å²) in [5.74, 6) is 0.971. The van der Waals surface area contributed by atoms with Crippen LogP contribution in [0, 0.1) is 6.92 Å². The van der Waals surface area contributed by atoms with E-state index >= 15 is 0 Å². The largest absolute Gasteiger partial charge is 0.493 e. The van der Waals surface area contributed by atoms with Gasteiger partial charge < -0.3 is 9.47 Å². The summed E-state index contributed by atoms with van der Waals surface area (Å²) in [6.07, 6.45) is 3.06. The molecule has 1 heterocycles. The van der Waals surface area contributed by atoms with Crippen LogP contribution in [0.3, 0.4) is 0 Å². The molecule has 2 rings (SSSR count). The lowest BCUT2D eigenvalue weighted by molar-refractivity contribution is 0.0955. The molecule has 2 aromatic rings. The van der Waals surface area contributed by atoms with Crippen LogP contribution in [-0.2, 0) is 0 Å². The number of hydrogen-bond acceptors (Lipinski definition) is 5. The second-order valence-corrected chi connectivity index (χ2v) is 4.73. The molecular weight excluding hydrogens is 294 g/mol. The minimum absolute atomic E-state index is 0.313. The number of hydrogen-bond donors (Lipinski definition) is 1. The second kappa shape index (κ2) is 7.93. The molecule has 1 aromatic carbocycles. The van der Waals surface area contributed by atoms with Crippen molar-refractivity contribution in [1.82, 2.24) is 10.4 Å². The fourth-order valence-electron chi connectivity index (χ4n) is 1.87. The van der Waals surface area contributed by atoms with Crippen LogP contribution >= 0.6 is 0 Å². The lowest BCUT2D eigenvalue weighted by Gasteiger charge is -2.09. The van der Waals surface area contributed by atoms with E-state index in [-0.39, 0.29) is 5.91 Å². The number of ether oxygens (including phenoxy) is 2. The zero-order valence-electron chi connectivity index (χ0n) is 13.4. The third kappa shape index (κ3) is 4.54. The van der Waals surface area contributed by atoms with Gasteiger partial charge in [0.15, 0.2) is 11.5 Å². The monoisotopic (exact) mass is 313 g/mol. The molecule has 1 N–H and O–H groups in total. The van der Waals surface area contributed by atoms with Crippen LogP contribution in [0.4, 0.5) is 0 Å². The number of rotatable bonds is 6. The van der Waals surface area contributed by atoms with Crippen LogP contribution in [0.2, 0.25) is 0 Å². The molecule has 1 amide bonds. The molecule has 0 aliphatic carbocycles. The van der Waals surface area contributed by atoms with Gasteiger partial charge in [0, 0.05) is 11.9 Å². The fraction of sp³-hybridized carbons (Fsp3) is 0.235. The van der Waals surface area contributed by atoms with Gasteiger partial charge in [-0.25, -0.2) is 5.43 Å². The average Bonchev–Trinajstić information content (AvgIpc) is 2.56. The van der Waals surface area contributed by atoms with Crippen LogP contribution in [-0.4, -0.2) is 30.8 Å². The van der Waals surface area contributed by atoms with Crippen molar-refractivity contribution >= 4 is 12.1 Å². The van der Waals surface area contributed by atoms with Gasteiger partial charge >= 0.3 is 0 Å². The lowest BCUT2D eigenvalue weighted by Crippen LogP contribution is -2.17. The maximum Gasteiger partial charge on any atom is 0.272 e. The predicted octanol–water partition coefficient (Wildman–Crippen LogP) is 2.56. The summed E-state index contributed by atoms with van der Waals surface area (Å²) in [5, 5.41) is 3.95. The van der Waals surface area contributed by atoms with Gasteiger partial charge in [0.1, 0.15) is 0 Å². The first-order chi connectivity index (χ1) is 11.1. The third-order valence-electron chi connectivity index (χ3n) is 3.04. The van der Waals surface area contributed by atoms with Crippen LogP contribution < -0.4 is 14.9 Å². The van der Waals surface area contributed by atoms with E-state index in [1.54, 1.807) is 37.6 Å². The summed E-state index contributed by atoms with van der Waals surface area (Å²) in [4.78, 5) is 16.0. The number of carbonyl (C=O) groups excluding carboxylic acids is 1. The first kappa shape index (κ1) is 16.5. The minimum Gasteiger partial charge on any atom is -0.493 e. The highest BCUT2D eigenvalue weighted by Crippen LogP contribution is 2.27. The molecular formula is C17H19N3O3. The highest BCUT2D eigenvalue weighted by Gasteiger charge is 2.05. The molecule has 1 aromatic heterocycles. The van der Waals surface area contributed by atoms with Crippen LogP contribution in [0.25, 0.3) is 0 Å². The normalized spacial score (nSPS) is 10.6. The number of benzene rings is 1. The number of aryl methyl sites for hydroxylation is 1. The molecule has 0 unspecified atom stereocenters. The summed E-state index contributed by atoms with van der Waals surface area (Å²) in [7, 11) is 1.58. The standard InChI is InChI=1S/C17H19N3O3/c1-4-23-16-9-13(6-8-15(16)22-3)10-19-20-17(21)14-7-5-12(2)18-11-14/h5-11H,4H2,1-3H3,(H,20,21). The van der Waals surface area contributed by atoms with Crippen LogP contribution in [0.1, 0.15) is 28.5 Å². The number of nitrogens with one attached hydrogen (secondary N) is 1. The van der Waals surface area contributed by atoms with E-state index in [1.807, 2.05) is 19.9 Å². The molecule has 0 aliphatic rings. The number of amides is 1. The fourth-order valence-corrected chi connectivity index (χ4v) is 1.87. The van der Waals surface area contributed by atoms with Gasteiger partial charge in [-0.2, -0.15) is 5.10 Å². The van der Waals surface area contributed by atoms with Crippen molar-refractivity contribution in [3.8, 4) is 11.5 Å². The van der Waals surface area contributed by atoms with E-state index in [0.29, 0.717) is 23.7 Å². The quantitative estimate of drug-likeness (QED) is 0.657. The maximum atomic E-state index is 11.9. The molecule has 0 aliphatic heterocycles. The van der Waals surface area contributed by atoms with Crippen molar-refractivity contribution in [1.29, 1.82) is 0 Å². The number of aromatic nitrogens is 1. The van der Waals surface area contributed by atoms with Gasteiger partial charge in [-0.05, 0) is 49.7 Å². The van der Waals surface area contributed by atoms with Crippen molar-refractivity contribution in [3.05, 3.63) is 53.3 Å². The molecule has 0 bridgehead atoms. The van der Waals surface area contributed by atoms with Crippen LogP contribution in [0.5, 0.6) is 11.5 Å². The minimum atomic E-state index is -0.313. The summed E-state index contributed by atoms with van der Waals surface area (Å²) >= 11 is 0. The summed E-state index contributed by atoms with van der Waals surface area (Å²) in [5.41, 5.74) is 4.56. The number of pyridine rings is 1. The zero-order chi connectivity index (χ0) is 16.7. The van der Waals surface area contributed by atoms with E-state index < -0.39 is 0 Å². The van der Waals surface area contributed by atoms with E-state index in [0.717, 1.165) is 11.3 Å². The third-order valence-corrected chi connectivity index (χ3v) is 3.04. The van der Waals surface area contributed by atoms with E-state index in [1.165, 1.54) is 6.20 Å². The van der Waals surface area contributed by atoms with Crippen molar-refractivity contribution in [3.63, 3.8) is 0 Å². The highest BCUT2D eigenvalue weighted by molar-refractivity contribution is 5.94. The molecule has 0 atom stereocenters. The van der Waals surface area contributed by atoms with Gasteiger partial charge in [-0.3, -0.25) is 9.78 Å². The van der Waals surface area contributed by atoms with Gasteiger partial charge in [0.2, 0.25) is 0 Å². The SMILES string of the molecule is CCOc1cc(C=NNC(=O)c2ccc(C)nc2)ccc1OC. The molecule has 6 nitrogen and oxygen atoms in total. The maximum absolute atomic E-state index is 11.9. The molecule has 0 spiro atoms. The summed E-state index contributed by atoms with van der Waals surface area (Å²) < 4.78 is 10.7. The van der Waals surface area contributed by atoms with Crippen molar-refractivity contribution in [2.75, 3.05) is 13.7 Å². The second-order valence-electron chi connectivity index (χ2n) is 4.73. The van der Waals surface area contributed by atoms with Crippen molar-refractivity contribution < 1.29 is 14.3 Å². The Morgan fingerprint density at radius 1 is 1.30 bits per heavy atom. The van der Waals surface area contributed by atoms with Gasteiger partial charge in [0.05, 0.1) is 25.5 Å². The molecule has 6 heteroatoms. The van der Waals surface area contributed by atoms with Crippen molar-refractivity contribution in [2.45, 2.75) is 13.8 Å². The predicted molar refractivity (Wildman–Crippen MR) is 88.2 cm³/mol. The number of methoxy groups -OCH3 is 1. The Hall–Kier alpha value is -2.89. The molecule has 0 fully saturated rings. The Morgan fingerprint density at radius 2 is 2.13 bits per heavy atom. The summed E-state index contributed by atoms with van der Waals surface area (Å²) in [6.45, 7) is 4.30. The van der Waals surface area contributed by atoms with Gasteiger partial charge in [0.25, 0.3) is 5.91 Å². The Bertz CT molecular complexity index is 697. The van der Waals surface area contributed by atoms with Crippen LogP contribution in [0.15, 0.2) is 41.6 Å². The topological polar surface area (TPSA) is 72.8 Å². The molecule has 0 radical (unpaired) electrons. The Balaban J connectivity index is 2.03. The van der Waals surface area contributed by atoms with E-state index in [2.05, 4.69) is 15.5 Å². The van der Waals surface area contributed by atoms with Gasteiger partial charge in [-0.15, -0.1) is 0 Å². The molecule has 23 heavy (non-hydrogen) atoms. The molecule has 0 saturated carbocycles. The lowest BCUT2D eigenvalue weighted by atomic mass is 10.2. The van der Waals surface area contributed by atoms with E-state index in [9.17, 15) is 4.79 Å². The van der Waals surface area contributed by atoms with Gasteiger partial charge in [-0.1, -0.05) is 0 Å².